The van der Waals surface area contributed by atoms with E-state index in [9.17, 15) is 4.79 Å². The molecule has 0 unspecified atom stereocenters. The standard InChI is InChI=1S/C22H29N3O3/c1-3-18-6-4-5-7-21(18)23-22(26)25-14-12-24(13-15-25)16-17-28-20-10-8-19(27-2)9-11-20/h4-11H,3,12-17H2,1-2H3,(H,23,26). The highest BCUT2D eigenvalue weighted by Crippen LogP contribution is 2.18. The van der Waals surface area contributed by atoms with Gasteiger partial charge in [0.05, 0.1) is 7.11 Å². The molecule has 0 aliphatic carbocycles. The van der Waals surface area contributed by atoms with Crippen molar-refractivity contribution >= 4 is 11.7 Å². The van der Waals surface area contributed by atoms with Crippen molar-refractivity contribution in [3.63, 3.8) is 0 Å². The number of carbonyl (C=O) groups is 1. The molecule has 0 spiro atoms. The second-order valence-corrected chi connectivity index (χ2v) is 6.79. The first-order chi connectivity index (χ1) is 13.7. The Bertz CT molecular complexity index is 756. The lowest BCUT2D eigenvalue weighted by molar-refractivity contribution is 0.132. The Labute approximate surface area is 167 Å². The monoisotopic (exact) mass is 383 g/mol. The summed E-state index contributed by atoms with van der Waals surface area (Å²) in [4.78, 5) is 16.8. The number of methoxy groups -OCH3 is 1. The molecule has 6 nitrogen and oxygen atoms in total. The fraction of sp³-hybridized carbons (Fsp3) is 0.409. The number of para-hydroxylation sites is 1. The number of carbonyl (C=O) groups excluding carboxylic acids is 1. The molecule has 0 radical (unpaired) electrons. The molecule has 1 heterocycles. The number of ether oxygens (including phenoxy) is 2. The van der Waals surface area contributed by atoms with Crippen LogP contribution in [0.25, 0.3) is 0 Å². The van der Waals surface area contributed by atoms with Crippen LogP contribution in [0.3, 0.4) is 0 Å². The van der Waals surface area contributed by atoms with Crippen LogP contribution in [0.1, 0.15) is 12.5 Å². The molecule has 28 heavy (non-hydrogen) atoms. The number of rotatable bonds is 7. The molecule has 0 saturated carbocycles. The summed E-state index contributed by atoms with van der Waals surface area (Å²) in [7, 11) is 1.65. The fourth-order valence-corrected chi connectivity index (χ4v) is 3.28. The van der Waals surface area contributed by atoms with E-state index in [1.54, 1.807) is 7.11 Å². The van der Waals surface area contributed by atoms with Crippen molar-refractivity contribution in [1.29, 1.82) is 0 Å². The highest BCUT2D eigenvalue weighted by atomic mass is 16.5. The van der Waals surface area contributed by atoms with Crippen molar-refractivity contribution in [2.75, 3.05) is 51.8 Å². The fourth-order valence-electron chi connectivity index (χ4n) is 3.28. The van der Waals surface area contributed by atoms with Crippen LogP contribution >= 0.6 is 0 Å². The first-order valence-electron chi connectivity index (χ1n) is 9.82. The minimum absolute atomic E-state index is 0.0185. The third kappa shape index (κ3) is 5.39. The van der Waals surface area contributed by atoms with Crippen LogP contribution in [0.4, 0.5) is 10.5 Å². The summed E-state index contributed by atoms with van der Waals surface area (Å²) in [5.74, 6) is 1.66. The van der Waals surface area contributed by atoms with E-state index >= 15 is 0 Å². The van der Waals surface area contributed by atoms with E-state index in [2.05, 4.69) is 23.2 Å². The van der Waals surface area contributed by atoms with Crippen LogP contribution in [0.5, 0.6) is 11.5 Å². The lowest BCUT2D eigenvalue weighted by Gasteiger charge is -2.34. The summed E-state index contributed by atoms with van der Waals surface area (Å²) in [5, 5.41) is 3.05. The number of piperazine rings is 1. The largest absolute Gasteiger partial charge is 0.497 e. The minimum atomic E-state index is -0.0185. The Morgan fingerprint density at radius 1 is 1.00 bits per heavy atom. The average molecular weight is 383 g/mol. The molecule has 0 bridgehead atoms. The quantitative estimate of drug-likeness (QED) is 0.795. The first-order valence-corrected chi connectivity index (χ1v) is 9.82. The number of anilines is 1. The van der Waals surface area contributed by atoms with E-state index in [0.29, 0.717) is 6.61 Å². The smallest absolute Gasteiger partial charge is 0.321 e. The van der Waals surface area contributed by atoms with Gasteiger partial charge in [-0.05, 0) is 42.3 Å². The Morgan fingerprint density at radius 2 is 1.68 bits per heavy atom. The van der Waals surface area contributed by atoms with Gasteiger partial charge in [0.1, 0.15) is 18.1 Å². The number of nitrogens with one attached hydrogen (secondary N) is 1. The molecule has 0 atom stereocenters. The van der Waals surface area contributed by atoms with Gasteiger partial charge in [-0.2, -0.15) is 0 Å². The van der Waals surface area contributed by atoms with Gasteiger partial charge in [-0.1, -0.05) is 25.1 Å². The third-order valence-electron chi connectivity index (χ3n) is 5.04. The summed E-state index contributed by atoms with van der Waals surface area (Å²) in [6.07, 6.45) is 0.901. The Balaban J connectivity index is 1.39. The molecule has 0 aromatic heterocycles. The topological polar surface area (TPSA) is 54.0 Å². The Morgan fingerprint density at radius 3 is 2.36 bits per heavy atom. The SMILES string of the molecule is CCc1ccccc1NC(=O)N1CCN(CCOc2ccc(OC)cc2)CC1. The summed E-state index contributed by atoms with van der Waals surface area (Å²) >= 11 is 0. The van der Waals surface area contributed by atoms with Gasteiger partial charge in [-0.25, -0.2) is 4.79 Å². The van der Waals surface area contributed by atoms with Gasteiger partial charge in [-0.15, -0.1) is 0 Å². The number of amides is 2. The lowest BCUT2D eigenvalue weighted by Crippen LogP contribution is -2.50. The first kappa shape index (κ1) is 20.0. The number of nitrogens with zero attached hydrogens (tertiary/aromatic N) is 2. The molecular weight excluding hydrogens is 354 g/mol. The number of hydrogen-bond donors (Lipinski definition) is 1. The number of aryl methyl sites for hydroxylation is 1. The Hall–Kier alpha value is -2.73. The van der Waals surface area contributed by atoms with Crippen molar-refractivity contribution in [1.82, 2.24) is 9.80 Å². The second kappa shape index (κ2) is 9.99. The van der Waals surface area contributed by atoms with E-state index in [1.807, 2.05) is 47.4 Å². The molecule has 1 N–H and O–H groups in total. The van der Waals surface area contributed by atoms with Crippen LogP contribution in [0.2, 0.25) is 0 Å². The molecule has 1 aliphatic rings. The summed E-state index contributed by atoms with van der Waals surface area (Å²) in [5.41, 5.74) is 2.07. The van der Waals surface area contributed by atoms with Crippen molar-refractivity contribution in [2.45, 2.75) is 13.3 Å². The van der Waals surface area contributed by atoms with E-state index < -0.39 is 0 Å². The van der Waals surface area contributed by atoms with Crippen molar-refractivity contribution in [2.24, 2.45) is 0 Å². The van der Waals surface area contributed by atoms with E-state index in [-0.39, 0.29) is 6.03 Å². The minimum Gasteiger partial charge on any atom is -0.497 e. The zero-order valence-corrected chi connectivity index (χ0v) is 16.7. The van der Waals surface area contributed by atoms with Crippen LogP contribution in [-0.2, 0) is 6.42 Å². The number of urea groups is 1. The highest BCUT2D eigenvalue weighted by molar-refractivity contribution is 5.90. The van der Waals surface area contributed by atoms with Crippen LogP contribution in [0.15, 0.2) is 48.5 Å². The molecule has 2 aromatic carbocycles. The zero-order chi connectivity index (χ0) is 19.8. The van der Waals surface area contributed by atoms with E-state index in [4.69, 9.17) is 9.47 Å². The molecule has 6 heteroatoms. The molecule has 150 valence electrons. The van der Waals surface area contributed by atoms with Crippen molar-refractivity contribution < 1.29 is 14.3 Å². The van der Waals surface area contributed by atoms with Gasteiger partial charge in [0.25, 0.3) is 0 Å². The molecule has 1 fully saturated rings. The zero-order valence-electron chi connectivity index (χ0n) is 16.7. The van der Waals surface area contributed by atoms with Crippen LogP contribution in [0, 0.1) is 0 Å². The highest BCUT2D eigenvalue weighted by Gasteiger charge is 2.21. The van der Waals surface area contributed by atoms with E-state index in [1.165, 1.54) is 0 Å². The van der Waals surface area contributed by atoms with Gasteiger partial charge < -0.3 is 19.7 Å². The molecule has 3 rings (SSSR count). The predicted octanol–water partition coefficient (Wildman–Crippen LogP) is 3.49. The average Bonchev–Trinajstić information content (AvgIpc) is 2.75. The number of hydrogen-bond acceptors (Lipinski definition) is 4. The lowest BCUT2D eigenvalue weighted by atomic mass is 10.1. The van der Waals surface area contributed by atoms with Crippen molar-refractivity contribution in [3.05, 3.63) is 54.1 Å². The van der Waals surface area contributed by atoms with Crippen LogP contribution < -0.4 is 14.8 Å². The molecular formula is C22H29N3O3. The maximum Gasteiger partial charge on any atom is 0.321 e. The summed E-state index contributed by atoms with van der Waals surface area (Å²) < 4.78 is 10.9. The summed E-state index contributed by atoms with van der Waals surface area (Å²) in [6.45, 7) is 6.73. The maximum absolute atomic E-state index is 12.6. The summed E-state index contributed by atoms with van der Waals surface area (Å²) in [6, 6.07) is 15.6. The van der Waals surface area contributed by atoms with Crippen LogP contribution in [-0.4, -0.2) is 62.3 Å². The third-order valence-corrected chi connectivity index (χ3v) is 5.04. The van der Waals surface area contributed by atoms with Gasteiger partial charge in [-0.3, -0.25) is 4.90 Å². The Kier molecular flexibility index (Phi) is 7.14. The molecule has 2 aromatic rings. The number of benzene rings is 2. The molecule has 1 aliphatic heterocycles. The second-order valence-electron chi connectivity index (χ2n) is 6.79. The van der Waals surface area contributed by atoms with Gasteiger partial charge in [0.2, 0.25) is 0 Å². The van der Waals surface area contributed by atoms with Gasteiger partial charge in [0.15, 0.2) is 0 Å². The predicted molar refractivity (Wildman–Crippen MR) is 111 cm³/mol. The molecule has 1 saturated heterocycles. The normalized spacial score (nSPS) is 14.6. The van der Waals surface area contributed by atoms with Gasteiger partial charge in [0, 0.05) is 38.4 Å². The molecule has 2 amide bonds. The van der Waals surface area contributed by atoms with Gasteiger partial charge >= 0.3 is 6.03 Å². The van der Waals surface area contributed by atoms with E-state index in [0.717, 1.165) is 61.9 Å². The maximum atomic E-state index is 12.6. The van der Waals surface area contributed by atoms with Crippen molar-refractivity contribution in [3.8, 4) is 11.5 Å².